The molecule has 14 atom stereocenters. The van der Waals surface area contributed by atoms with Crippen LogP contribution in [0.3, 0.4) is 0 Å². The van der Waals surface area contributed by atoms with E-state index < -0.39 is 77.8 Å². The second kappa shape index (κ2) is 21.4. The molecule has 0 aromatic heterocycles. The summed E-state index contributed by atoms with van der Waals surface area (Å²) in [5.41, 5.74) is 1.71. The van der Waals surface area contributed by atoms with E-state index in [2.05, 4.69) is 6.92 Å². The van der Waals surface area contributed by atoms with E-state index in [4.69, 9.17) is 35.3 Å². The van der Waals surface area contributed by atoms with Gasteiger partial charge in [0.25, 0.3) is 11.7 Å². The Morgan fingerprint density at radius 2 is 1.61 bits per heavy atom. The summed E-state index contributed by atoms with van der Waals surface area (Å²) in [7, 11) is 4.74. The fourth-order valence-electron chi connectivity index (χ4n) is 9.68. The third-order valence-electron chi connectivity index (χ3n) is 13.2. The van der Waals surface area contributed by atoms with E-state index in [-0.39, 0.29) is 54.9 Å². The minimum atomic E-state index is -2.48. The SMILES string of the molecule is CC[C@@H]1C[C@H](OC)[C@@H]2O[C@@]1(O)C(=O)C(=O)N1CCCC[C@H]1C(=O)O[C@H](/C(C)=C/[C@@H]1CC[C@H](Cl)[C@H](OC)C1)[C@H](C)[C@@H](O)CC(=O)[C@H](CC)C=C(C)C[C@H](C)C[C@@H]2OC. The number of allylic oxidation sites excluding steroid dienone is 3. The Morgan fingerprint density at radius 3 is 2.25 bits per heavy atom. The van der Waals surface area contributed by atoms with E-state index in [0.29, 0.717) is 50.5 Å². The average Bonchev–Trinajstić information content (AvgIpc) is 3.20. The molecule has 0 aromatic rings. The second-order valence-electron chi connectivity index (χ2n) is 17.3. The van der Waals surface area contributed by atoms with Crippen molar-refractivity contribution >= 4 is 35.0 Å². The van der Waals surface area contributed by atoms with Crippen molar-refractivity contribution < 1.29 is 53.1 Å². The highest BCUT2D eigenvalue weighted by Crippen LogP contribution is 2.41. The van der Waals surface area contributed by atoms with Gasteiger partial charge in [0.1, 0.15) is 24.0 Å². The Labute approximate surface area is 345 Å². The number of hydrogen-bond acceptors (Lipinski definition) is 11. The lowest BCUT2D eigenvalue weighted by Gasteiger charge is -2.47. The van der Waals surface area contributed by atoms with Crippen molar-refractivity contribution in [2.45, 2.75) is 172 Å². The number of aliphatic hydroxyl groups is 2. The van der Waals surface area contributed by atoms with Gasteiger partial charge in [0.15, 0.2) is 0 Å². The highest BCUT2D eigenvalue weighted by Gasteiger charge is 2.57. The second-order valence-corrected chi connectivity index (χ2v) is 17.9. The number of ether oxygens (including phenoxy) is 5. The van der Waals surface area contributed by atoms with Crippen LogP contribution in [-0.4, -0.2) is 120 Å². The molecule has 2 saturated heterocycles. The van der Waals surface area contributed by atoms with Crippen molar-refractivity contribution in [2.75, 3.05) is 27.9 Å². The number of Topliss-reactive ketones (excluding diaryl/α,β-unsaturated/α-hetero) is 2. The molecule has 4 rings (SSSR count). The number of nitrogens with zero attached hydrogens (tertiary/aromatic N) is 1. The summed E-state index contributed by atoms with van der Waals surface area (Å²) in [4.78, 5) is 58.1. The van der Waals surface area contributed by atoms with Crippen LogP contribution >= 0.6 is 11.6 Å². The average molecular weight is 824 g/mol. The first-order valence-electron chi connectivity index (χ1n) is 21.3. The summed E-state index contributed by atoms with van der Waals surface area (Å²) < 4.78 is 30.1. The van der Waals surface area contributed by atoms with Crippen molar-refractivity contribution in [1.82, 2.24) is 4.90 Å². The number of amides is 1. The van der Waals surface area contributed by atoms with E-state index in [0.717, 1.165) is 18.4 Å². The number of cyclic esters (lactones) is 1. The number of hydrogen-bond donors (Lipinski definition) is 2. The van der Waals surface area contributed by atoms with Crippen LogP contribution in [0.25, 0.3) is 0 Å². The zero-order valence-corrected chi connectivity index (χ0v) is 36.5. The summed E-state index contributed by atoms with van der Waals surface area (Å²) in [5.74, 6) is -7.22. The summed E-state index contributed by atoms with van der Waals surface area (Å²) in [5, 5.41) is 23.8. The van der Waals surface area contributed by atoms with Crippen LogP contribution in [0.15, 0.2) is 23.3 Å². The van der Waals surface area contributed by atoms with Crippen LogP contribution < -0.4 is 0 Å². The number of alkyl halides is 1. The predicted molar refractivity (Wildman–Crippen MR) is 216 cm³/mol. The Kier molecular flexibility index (Phi) is 17.8. The minimum Gasteiger partial charge on any atom is -0.456 e. The number of aliphatic hydroxyl groups excluding tert-OH is 1. The Morgan fingerprint density at radius 1 is 0.947 bits per heavy atom. The summed E-state index contributed by atoms with van der Waals surface area (Å²) in [6, 6.07) is -1.12. The van der Waals surface area contributed by atoms with Gasteiger partial charge >= 0.3 is 5.97 Å². The van der Waals surface area contributed by atoms with Crippen LogP contribution in [0.2, 0.25) is 0 Å². The van der Waals surface area contributed by atoms with Crippen molar-refractivity contribution in [3.8, 4) is 0 Å². The van der Waals surface area contributed by atoms with Gasteiger partial charge in [0, 0.05) is 52.0 Å². The molecule has 0 unspecified atom stereocenters. The number of rotatable bonds is 7. The van der Waals surface area contributed by atoms with Crippen LogP contribution in [-0.2, 0) is 42.9 Å². The van der Waals surface area contributed by atoms with Gasteiger partial charge in [-0.05, 0) is 102 Å². The van der Waals surface area contributed by atoms with Crippen LogP contribution in [0, 0.1) is 29.6 Å². The number of carbonyl (C=O) groups excluding carboxylic acids is 4. The number of carbonyl (C=O) groups is 4. The molecule has 0 aromatic carbocycles. The Hall–Kier alpha value is -2.19. The van der Waals surface area contributed by atoms with E-state index in [1.807, 2.05) is 39.8 Å². The van der Waals surface area contributed by atoms with E-state index >= 15 is 0 Å². The van der Waals surface area contributed by atoms with Crippen molar-refractivity contribution in [1.29, 1.82) is 0 Å². The zero-order chi connectivity index (χ0) is 42.2. The van der Waals surface area contributed by atoms with Gasteiger partial charge in [-0.3, -0.25) is 14.4 Å². The van der Waals surface area contributed by atoms with Crippen molar-refractivity contribution in [3.63, 3.8) is 0 Å². The molecule has 12 nitrogen and oxygen atoms in total. The number of halogens is 1. The first-order valence-corrected chi connectivity index (χ1v) is 21.7. The molecule has 3 fully saturated rings. The van der Waals surface area contributed by atoms with Crippen molar-refractivity contribution in [3.05, 3.63) is 23.3 Å². The molecule has 2 N–H and O–H groups in total. The highest BCUT2D eigenvalue weighted by atomic mass is 35.5. The molecule has 0 spiro atoms. The largest absolute Gasteiger partial charge is 0.456 e. The lowest BCUT2D eigenvalue weighted by atomic mass is 9.80. The molecule has 2 bridgehead atoms. The molecule has 1 aliphatic carbocycles. The third-order valence-corrected chi connectivity index (χ3v) is 13.7. The fraction of sp³-hybridized carbons (Fsp3) is 0.818. The number of esters is 1. The first kappa shape index (κ1) is 47.5. The maximum Gasteiger partial charge on any atom is 0.329 e. The molecule has 0 radical (unpaired) electrons. The smallest absolute Gasteiger partial charge is 0.329 e. The monoisotopic (exact) mass is 823 g/mol. The summed E-state index contributed by atoms with van der Waals surface area (Å²) in [6.07, 6.45) is 5.54. The van der Waals surface area contributed by atoms with Gasteiger partial charge < -0.3 is 38.8 Å². The standard InChI is InChI=1S/C44H70ClNO11/c1-10-30-19-25(3)18-26(4)20-37(54-8)40-38(55-9)23-31(11-2)44(52,57-40)41(49)42(50)46-17-13-12-14-33(46)43(51)56-39(28(6)34(47)24-35(30)48)27(5)21-29-15-16-32(45)36(22-29)53-7/h19,21,26,28-34,36-40,47,52H,10-18,20,22-24H2,1-9H3/b25-19?,27-21+/t26-,28+,29-,30+,31+,32-,33-,34-,36+,37-,38-,39+,40+,44+/m0/s1. The Balaban J connectivity index is 1.78. The number of methoxy groups -OCH3 is 3. The van der Waals surface area contributed by atoms with Gasteiger partial charge in [-0.1, -0.05) is 45.4 Å². The normalized spacial score (nSPS) is 40.1. The first-order chi connectivity index (χ1) is 27.0. The van der Waals surface area contributed by atoms with Crippen LogP contribution in [0.1, 0.15) is 119 Å². The lowest BCUT2D eigenvalue weighted by Crippen LogP contribution is -2.65. The molecule has 324 valence electrons. The van der Waals surface area contributed by atoms with Gasteiger partial charge in [-0.25, -0.2) is 4.79 Å². The Bertz CT molecular complexity index is 1450. The molecule has 3 aliphatic heterocycles. The van der Waals surface area contributed by atoms with Crippen LogP contribution in [0.4, 0.5) is 0 Å². The summed E-state index contributed by atoms with van der Waals surface area (Å²) in [6.45, 7) is 11.5. The highest BCUT2D eigenvalue weighted by molar-refractivity contribution is 6.39. The molecule has 1 saturated carbocycles. The van der Waals surface area contributed by atoms with Gasteiger partial charge in [-0.2, -0.15) is 0 Å². The quantitative estimate of drug-likeness (QED) is 0.132. The molecule has 13 heteroatoms. The molecule has 3 heterocycles. The topological polar surface area (TPSA) is 158 Å². The third kappa shape index (κ3) is 11.3. The maximum absolute atomic E-state index is 14.4. The van der Waals surface area contributed by atoms with E-state index in [1.165, 1.54) is 4.90 Å². The molecule has 57 heavy (non-hydrogen) atoms. The molecular formula is C44H70ClNO11. The number of ketones is 2. The predicted octanol–water partition coefficient (Wildman–Crippen LogP) is 6.11. The van der Waals surface area contributed by atoms with Gasteiger partial charge in [0.05, 0.1) is 29.8 Å². The van der Waals surface area contributed by atoms with Gasteiger partial charge in [0.2, 0.25) is 5.79 Å². The van der Waals surface area contributed by atoms with E-state index in [1.54, 1.807) is 28.3 Å². The van der Waals surface area contributed by atoms with E-state index in [9.17, 15) is 29.4 Å². The van der Waals surface area contributed by atoms with Gasteiger partial charge in [-0.15, -0.1) is 11.6 Å². The fourth-order valence-corrected chi connectivity index (χ4v) is 10.0. The maximum atomic E-state index is 14.4. The number of fused-ring (bicyclic) bond motifs is 3. The van der Waals surface area contributed by atoms with Crippen molar-refractivity contribution in [2.24, 2.45) is 29.6 Å². The minimum absolute atomic E-state index is 0.0420. The molecular weight excluding hydrogens is 754 g/mol. The number of piperidine rings is 1. The zero-order valence-electron chi connectivity index (χ0n) is 35.7. The summed E-state index contributed by atoms with van der Waals surface area (Å²) >= 11 is 6.53. The molecule has 4 aliphatic rings. The van der Waals surface area contributed by atoms with Crippen LogP contribution in [0.5, 0.6) is 0 Å². The lowest BCUT2D eigenvalue weighted by molar-refractivity contribution is -0.305. The molecule has 1 amide bonds.